The topological polar surface area (TPSA) is 75.3 Å². The number of aromatic nitrogens is 2. The summed E-state index contributed by atoms with van der Waals surface area (Å²) in [6.07, 6.45) is -1.73. The molecular formula is C9H13F3N4O. The van der Waals surface area contributed by atoms with Gasteiger partial charge in [-0.2, -0.15) is 13.2 Å². The summed E-state index contributed by atoms with van der Waals surface area (Å²) in [4.78, 5) is 8.59. The van der Waals surface area contributed by atoms with Crippen molar-refractivity contribution in [2.24, 2.45) is 5.73 Å². The van der Waals surface area contributed by atoms with Crippen molar-refractivity contribution in [1.29, 1.82) is 0 Å². The first kappa shape index (κ1) is 13.7. The molecule has 0 aliphatic rings. The highest BCUT2D eigenvalue weighted by molar-refractivity contribution is 5.43. The summed E-state index contributed by atoms with van der Waals surface area (Å²) < 4.78 is 37.0. The molecule has 1 heterocycles. The minimum atomic E-state index is -4.38. The van der Waals surface area contributed by atoms with Crippen LogP contribution in [0.1, 0.15) is 5.69 Å². The highest BCUT2D eigenvalue weighted by Crippen LogP contribution is 2.21. The molecule has 17 heavy (non-hydrogen) atoms. The molecule has 0 spiro atoms. The van der Waals surface area contributed by atoms with Gasteiger partial charge in [-0.25, -0.2) is 4.98 Å². The van der Waals surface area contributed by atoms with Crippen LogP contribution in [0.3, 0.4) is 0 Å². The Bertz CT molecular complexity index is 358. The van der Waals surface area contributed by atoms with Crippen molar-refractivity contribution >= 4 is 5.82 Å². The largest absolute Gasteiger partial charge is 0.405 e. The lowest BCUT2D eigenvalue weighted by Gasteiger charge is -2.25. The van der Waals surface area contributed by atoms with Gasteiger partial charge < -0.3 is 15.7 Å². The lowest BCUT2D eigenvalue weighted by molar-refractivity contribution is -0.120. The van der Waals surface area contributed by atoms with Crippen molar-refractivity contribution < 1.29 is 18.3 Å². The van der Waals surface area contributed by atoms with E-state index in [2.05, 4.69) is 9.97 Å². The molecule has 0 aliphatic heterocycles. The van der Waals surface area contributed by atoms with Gasteiger partial charge in [0, 0.05) is 25.5 Å². The number of nitrogens with two attached hydrogens (primary N) is 1. The molecule has 1 rings (SSSR count). The smallest absolute Gasteiger partial charge is 0.395 e. The van der Waals surface area contributed by atoms with E-state index in [1.165, 1.54) is 12.4 Å². The van der Waals surface area contributed by atoms with Gasteiger partial charge in [0.25, 0.3) is 0 Å². The number of nitrogens with zero attached hydrogens (tertiary/aromatic N) is 3. The monoisotopic (exact) mass is 250 g/mol. The van der Waals surface area contributed by atoms with E-state index in [1.807, 2.05) is 0 Å². The highest BCUT2D eigenvalue weighted by atomic mass is 19.4. The fourth-order valence-corrected chi connectivity index (χ4v) is 1.36. The minimum absolute atomic E-state index is 0.0110. The quantitative estimate of drug-likeness (QED) is 0.786. The fraction of sp³-hybridized carbons (Fsp3) is 0.556. The fourth-order valence-electron chi connectivity index (χ4n) is 1.36. The summed E-state index contributed by atoms with van der Waals surface area (Å²) in [5, 5.41) is 8.77. The third-order valence-corrected chi connectivity index (χ3v) is 1.98. The third kappa shape index (κ3) is 4.16. The van der Waals surface area contributed by atoms with Crippen LogP contribution in [0.5, 0.6) is 0 Å². The summed E-state index contributed by atoms with van der Waals surface area (Å²) in [7, 11) is 0. The van der Waals surface area contributed by atoms with E-state index >= 15 is 0 Å². The lowest BCUT2D eigenvalue weighted by Crippen LogP contribution is -2.37. The second-order valence-electron chi connectivity index (χ2n) is 3.29. The van der Waals surface area contributed by atoms with E-state index in [0.717, 1.165) is 4.90 Å². The Hall–Kier alpha value is -1.41. The van der Waals surface area contributed by atoms with Gasteiger partial charge in [0.05, 0.1) is 12.3 Å². The van der Waals surface area contributed by atoms with Crippen LogP contribution < -0.4 is 10.6 Å². The standard InChI is InChI=1S/C9H13F3N4O/c10-9(11,12)6-16(3-4-17)8-7(5-13)14-1-2-15-8/h1-2,17H,3-6,13H2. The Balaban J connectivity index is 2.96. The molecule has 0 fully saturated rings. The van der Waals surface area contributed by atoms with Crippen molar-refractivity contribution in [2.45, 2.75) is 12.7 Å². The number of alkyl halides is 3. The van der Waals surface area contributed by atoms with Crippen molar-refractivity contribution in [3.8, 4) is 0 Å². The zero-order valence-corrected chi connectivity index (χ0v) is 8.98. The van der Waals surface area contributed by atoms with Crippen LogP contribution in [-0.4, -0.2) is 40.9 Å². The summed E-state index contributed by atoms with van der Waals surface area (Å²) >= 11 is 0. The van der Waals surface area contributed by atoms with E-state index < -0.39 is 19.3 Å². The second kappa shape index (κ2) is 5.78. The molecule has 1 aromatic heterocycles. The number of halogens is 3. The molecule has 8 heteroatoms. The zero-order valence-electron chi connectivity index (χ0n) is 8.98. The van der Waals surface area contributed by atoms with Crippen LogP contribution >= 0.6 is 0 Å². The van der Waals surface area contributed by atoms with Crippen molar-refractivity contribution in [3.05, 3.63) is 18.1 Å². The summed E-state index contributed by atoms with van der Waals surface area (Å²) in [5.41, 5.74) is 5.64. The molecule has 96 valence electrons. The van der Waals surface area contributed by atoms with Crippen LogP contribution in [0.25, 0.3) is 0 Å². The van der Waals surface area contributed by atoms with Gasteiger partial charge >= 0.3 is 6.18 Å². The first-order chi connectivity index (χ1) is 7.98. The highest BCUT2D eigenvalue weighted by Gasteiger charge is 2.32. The molecule has 0 amide bonds. The van der Waals surface area contributed by atoms with Crippen molar-refractivity contribution in [2.75, 3.05) is 24.6 Å². The molecule has 5 nitrogen and oxygen atoms in total. The zero-order chi connectivity index (χ0) is 12.9. The maximum absolute atomic E-state index is 12.3. The van der Waals surface area contributed by atoms with Crippen molar-refractivity contribution in [3.63, 3.8) is 0 Å². The predicted octanol–water partition coefficient (Wildman–Crippen LogP) is 0.296. The maximum atomic E-state index is 12.3. The molecule has 0 radical (unpaired) electrons. The van der Waals surface area contributed by atoms with Gasteiger partial charge in [0.2, 0.25) is 0 Å². The Morgan fingerprint density at radius 2 is 1.94 bits per heavy atom. The molecule has 0 aliphatic carbocycles. The number of aliphatic hydroxyl groups excluding tert-OH is 1. The number of hydrogen-bond donors (Lipinski definition) is 2. The Kier molecular flexibility index (Phi) is 4.64. The average molecular weight is 250 g/mol. The molecule has 0 unspecified atom stereocenters. The Labute approximate surface area is 96.1 Å². The van der Waals surface area contributed by atoms with Crippen LogP contribution in [0.15, 0.2) is 12.4 Å². The minimum Gasteiger partial charge on any atom is -0.395 e. The summed E-state index contributed by atoms with van der Waals surface area (Å²) in [6, 6.07) is 0. The van der Waals surface area contributed by atoms with Crippen LogP contribution in [-0.2, 0) is 6.54 Å². The van der Waals surface area contributed by atoms with E-state index in [9.17, 15) is 13.2 Å². The van der Waals surface area contributed by atoms with Crippen LogP contribution in [0.2, 0.25) is 0 Å². The van der Waals surface area contributed by atoms with E-state index in [0.29, 0.717) is 0 Å². The Morgan fingerprint density at radius 3 is 2.47 bits per heavy atom. The van der Waals surface area contributed by atoms with Gasteiger partial charge in [0.15, 0.2) is 5.82 Å². The maximum Gasteiger partial charge on any atom is 0.405 e. The SMILES string of the molecule is NCc1nccnc1N(CCO)CC(F)(F)F. The van der Waals surface area contributed by atoms with E-state index in [-0.39, 0.29) is 24.6 Å². The number of anilines is 1. The number of hydrogen-bond acceptors (Lipinski definition) is 5. The average Bonchev–Trinajstić information content (AvgIpc) is 2.27. The van der Waals surface area contributed by atoms with Crippen molar-refractivity contribution in [1.82, 2.24) is 9.97 Å². The van der Waals surface area contributed by atoms with Gasteiger partial charge in [-0.3, -0.25) is 4.98 Å². The van der Waals surface area contributed by atoms with Gasteiger partial charge in [0.1, 0.15) is 6.54 Å². The first-order valence-electron chi connectivity index (χ1n) is 4.90. The molecule has 1 aromatic rings. The molecule has 0 saturated carbocycles. The lowest BCUT2D eigenvalue weighted by atomic mass is 10.3. The van der Waals surface area contributed by atoms with Gasteiger partial charge in [-0.15, -0.1) is 0 Å². The van der Waals surface area contributed by atoms with Gasteiger partial charge in [-0.05, 0) is 0 Å². The predicted molar refractivity (Wildman–Crippen MR) is 55.3 cm³/mol. The van der Waals surface area contributed by atoms with E-state index in [4.69, 9.17) is 10.8 Å². The molecule has 0 bridgehead atoms. The van der Waals surface area contributed by atoms with Crippen LogP contribution in [0.4, 0.5) is 19.0 Å². The Morgan fingerprint density at radius 1 is 1.29 bits per heavy atom. The molecule has 0 aromatic carbocycles. The summed E-state index contributed by atoms with van der Waals surface area (Å²) in [6.45, 7) is -1.79. The normalized spacial score (nSPS) is 11.6. The van der Waals surface area contributed by atoms with Gasteiger partial charge in [-0.1, -0.05) is 0 Å². The second-order valence-corrected chi connectivity index (χ2v) is 3.29. The molecule has 0 saturated heterocycles. The summed E-state index contributed by atoms with van der Waals surface area (Å²) in [5.74, 6) is 0.0568. The third-order valence-electron chi connectivity index (χ3n) is 1.98. The first-order valence-corrected chi connectivity index (χ1v) is 4.90. The van der Waals surface area contributed by atoms with Crippen LogP contribution in [0, 0.1) is 0 Å². The molecular weight excluding hydrogens is 237 g/mol. The molecule has 3 N–H and O–H groups in total. The number of aliphatic hydroxyl groups is 1. The van der Waals surface area contributed by atoms with E-state index in [1.54, 1.807) is 0 Å². The number of rotatable bonds is 5. The molecule has 0 atom stereocenters.